The molecule has 0 bridgehead atoms. The molecule has 0 saturated carbocycles. The Morgan fingerprint density at radius 3 is 2.44 bits per heavy atom. The number of fused-ring (bicyclic) bond motifs is 1. The van der Waals surface area contributed by atoms with Crippen LogP contribution in [0.2, 0.25) is 0 Å². The first kappa shape index (κ1) is 18.3. The van der Waals surface area contributed by atoms with E-state index in [1.54, 1.807) is 36.4 Å². The molecule has 4 nitrogen and oxygen atoms in total. The Kier molecular flexibility index (Phi) is 5.08. The molecule has 0 aliphatic rings. The Hall–Kier alpha value is -2.09. The minimum atomic E-state index is -3.74. The normalized spacial score (nSPS) is 11.7. The van der Waals surface area contributed by atoms with Gasteiger partial charge < -0.3 is 0 Å². The van der Waals surface area contributed by atoms with E-state index in [2.05, 4.69) is 20.9 Å². The lowest BCUT2D eigenvalue weighted by Gasteiger charge is -2.10. The van der Waals surface area contributed by atoms with E-state index in [1.807, 2.05) is 42.5 Å². The van der Waals surface area contributed by atoms with Gasteiger partial charge in [-0.2, -0.15) is 0 Å². The molecule has 27 heavy (non-hydrogen) atoms. The molecular formula is C20H15BrN2O2S2. The summed E-state index contributed by atoms with van der Waals surface area (Å²) in [6.07, 6.45) is 0. The predicted molar refractivity (Wildman–Crippen MR) is 112 cm³/mol. The van der Waals surface area contributed by atoms with Crippen molar-refractivity contribution in [2.24, 2.45) is 0 Å². The maximum Gasteiger partial charge on any atom is 0.270 e. The first-order valence-electron chi connectivity index (χ1n) is 8.21. The molecule has 1 heterocycles. The molecule has 136 valence electrons. The third kappa shape index (κ3) is 3.67. The summed E-state index contributed by atoms with van der Waals surface area (Å²) in [4.78, 5) is 4.82. The standard InChI is InChI=1S/C20H15BrN2O2S2/c21-16-8-6-7-15(13-16)14-26-20-22-18-11-4-5-12-19(18)23(20)27(24,25)17-9-2-1-3-10-17/h1-13H,14H2. The molecule has 0 saturated heterocycles. The molecule has 0 aliphatic carbocycles. The predicted octanol–water partition coefficient (Wildman–Crippen LogP) is 5.33. The van der Waals surface area contributed by atoms with Crippen molar-refractivity contribution >= 4 is 48.7 Å². The highest BCUT2D eigenvalue weighted by Crippen LogP contribution is 2.31. The van der Waals surface area contributed by atoms with Crippen LogP contribution in [0, 0.1) is 0 Å². The lowest BCUT2D eigenvalue weighted by Crippen LogP contribution is -2.14. The molecule has 0 atom stereocenters. The Morgan fingerprint density at radius 2 is 1.67 bits per heavy atom. The number of hydrogen-bond acceptors (Lipinski definition) is 4. The van der Waals surface area contributed by atoms with Gasteiger partial charge in [0.1, 0.15) is 0 Å². The van der Waals surface area contributed by atoms with Crippen LogP contribution in [0.4, 0.5) is 0 Å². The highest BCUT2D eigenvalue weighted by molar-refractivity contribution is 9.10. The van der Waals surface area contributed by atoms with Crippen LogP contribution >= 0.6 is 27.7 Å². The molecule has 4 aromatic rings. The summed E-state index contributed by atoms with van der Waals surface area (Å²) in [6, 6.07) is 23.7. The van der Waals surface area contributed by atoms with Crippen LogP contribution in [-0.4, -0.2) is 17.4 Å². The van der Waals surface area contributed by atoms with Crippen molar-refractivity contribution in [1.82, 2.24) is 8.96 Å². The van der Waals surface area contributed by atoms with E-state index in [0.29, 0.717) is 21.9 Å². The fraction of sp³-hybridized carbons (Fsp3) is 0.0500. The van der Waals surface area contributed by atoms with Crippen LogP contribution in [-0.2, 0) is 15.8 Å². The quantitative estimate of drug-likeness (QED) is 0.379. The molecule has 7 heteroatoms. The van der Waals surface area contributed by atoms with Crippen LogP contribution in [0.5, 0.6) is 0 Å². The van der Waals surface area contributed by atoms with Crippen LogP contribution < -0.4 is 0 Å². The molecule has 0 amide bonds. The van der Waals surface area contributed by atoms with Crippen molar-refractivity contribution in [3.8, 4) is 0 Å². The van der Waals surface area contributed by atoms with Gasteiger partial charge in [0.2, 0.25) is 0 Å². The first-order chi connectivity index (χ1) is 13.1. The van der Waals surface area contributed by atoms with Crippen molar-refractivity contribution in [2.45, 2.75) is 15.8 Å². The summed E-state index contributed by atoms with van der Waals surface area (Å²) in [5.74, 6) is 0.618. The summed E-state index contributed by atoms with van der Waals surface area (Å²) in [7, 11) is -3.74. The molecular weight excluding hydrogens is 444 g/mol. The molecule has 1 aromatic heterocycles. The summed E-state index contributed by atoms with van der Waals surface area (Å²) in [5, 5.41) is 0.458. The van der Waals surface area contributed by atoms with E-state index in [4.69, 9.17) is 0 Å². The Balaban J connectivity index is 1.80. The van der Waals surface area contributed by atoms with Crippen molar-refractivity contribution in [3.63, 3.8) is 0 Å². The van der Waals surface area contributed by atoms with Crippen LogP contribution in [0.1, 0.15) is 5.56 Å². The van der Waals surface area contributed by atoms with Crippen molar-refractivity contribution in [3.05, 3.63) is 88.9 Å². The summed E-state index contributed by atoms with van der Waals surface area (Å²) < 4.78 is 28.9. The van der Waals surface area contributed by atoms with E-state index in [1.165, 1.54) is 15.7 Å². The highest BCUT2D eigenvalue weighted by atomic mass is 79.9. The summed E-state index contributed by atoms with van der Waals surface area (Å²) in [6.45, 7) is 0. The first-order valence-corrected chi connectivity index (χ1v) is 11.4. The van der Waals surface area contributed by atoms with Gasteiger partial charge in [0.05, 0.1) is 15.9 Å². The number of aromatic nitrogens is 2. The molecule has 0 unspecified atom stereocenters. The van der Waals surface area contributed by atoms with Gasteiger partial charge in [-0.05, 0) is 42.0 Å². The van der Waals surface area contributed by atoms with Gasteiger partial charge in [0.25, 0.3) is 10.0 Å². The van der Waals surface area contributed by atoms with E-state index in [0.717, 1.165) is 10.0 Å². The summed E-state index contributed by atoms with van der Waals surface area (Å²) >= 11 is 4.88. The Bertz CT molecular complexity index is 1210. The van der Waals surface area contributed by atoms with Crippen molar-refractivity contribution in [1.29, 1.82) is 0 Å². The number of thioether (sulfide) groups is 1. The second-order valence-corrected chi connectivity index (χ2v) is 9.53. The third-order valence-electron chi connectivity index (χ3n) is 4.03. The zero-order chi connectivity index (χ0) is 18.9. The molecule has 0 spiro atoms. The summed E-state index contributed by atoms with van der Waals surface area (Å²) in [5.41, 5.74) is 2.33. The molecule has 3 aromatic carbocycles. The van der Waals surface area contributed by atoms with Gasteiger partial charge in [0, 0.05) is 10.2 Å². The average molecular weight is 459 g/mol. The second-order valence-electron chi connectivity index (χ2n) is 5.88. The monoisotopic (exact) mass is 458 g/mol. The number of hydrogen-bond donors (Lipinski definition) is 0. The number of nitrogens with zero attached hydrogens (tertiary/aromatic N) is 2. The molecule has 4 rings (SSSR count). The Morgan fingerprint density at radius 1 is 0.926 bits per heavy atom. The second kappa shape index (κ2) is 7.50. The Labute approximate surface area is 170 Å². The van der Waals surface area contributed by atoms with Gasteiger partial charge in [-0.25, -0.2) is 17.4 Å². The smallest absolute Gasteiger partial charge is 0.222 e. The zero-order valence-electron chi connectivity index (χ0n) is 14.1. The molecule has 0 fully saturated rings. The van der Waals surface area contributed by atoms with E-state index >= 15 is 0 Å². The lowest BCUT2D eigenvalue weighted by atomic mass is 10.2. The van der Waals surface area contributed by atoms with E-state index in [-0.39, 0.29) is 4.90 Å². The van der Waals surface area contributed by atoms with Crippen LogP contribution in [0.25, 0.3) is 11.0 Å². The van der Waals surface area contributed by atoms with E-state index in [9.17, 15) is 8.42 Å². The third-order valence-corrected chi connectivity index (χ3v) is 7.37. The number of rotatable bonds is 5. The largest absolute Gasteiger partial charge is 0.270 e. The van der Waals surface area contributed by atoms with Gasteiger partial charge in [-0.15, -0.1) is 0 Å². The minimum Gasteiger partial charge on any atom is -0.222 e. The van der Waals surface area contributed by atoms with Gasteiger partial charge >= 0.3 is 0 Å². The molecule has 0 aliphatic heterocycles. The van der Waals surface area contributed by atoms with Crippen LogP contribution in [0.3, 0.4) is 0 Å². The maximum absolute atomic E-state index is 13.3. The average Bonchev–Trinajstić information content (AvgIpc) is 3.06. The van der Waals surface area contributed by atoms with Gasteiger partial charge in [-0.3, -0.25) is 0 Å². The lowest BCUT2D eigenvalue weighted by molar-refractivity contribution is 0.584. The topological polar surface area (TPSA) is 52.0 Å². The number of benzene rings is 3. The molecule has 0 radical (unpaired) electrons. The van der Waals surface area contributed by atoms with Gasteiger partial charge in [-0.1, -0.05) is 70.2 Å². The zero-order valence-corrected chi connectivity index (χ0v) is 17.3. The van der Waals surface area contributed by atoms with E-state index < -0.39 is 10.0 Å². The van der Waals surface area contributed by atoms with Crippen molar-refractivity contribution < 1.29 is 8.42 Å². The minimum absolute atomic E-state index is 0.248. The SMILES string of the molecule is O=S(=O)(c1ccccc1)n1c(SCc2cccc(Br)c2)nc2ccccc21. The maximum atomic E-state index is 13.3. The highest BCUT2D eigenvalue weighted by Gasteiger charge is 2.24. The number of para-hydroxylation sites is 2. The fourth-order valence-electron chi connectivity index (χ4n) is 2.78. The fourth-order valence-corrected chi connectivity index (χ4v) is 5.90. The van der Waals surface area contributed by atoms with Crippen molar-refractivity contribution in [2.75, 3.05) is 0 Å². The van der Waals surface area contributed by atoms with Crippen LogP contribution in [0.15, 0.2) is 93.4 Å². The van der Waals surface area contributed by atoms with Gasteiger partial charge in [0.15, 0.2) is 5.16 Å². The number of imidazole rings is 1. The number of halogens is 1. The molecule has 0 N–H and O–H groups in total.